The number of carbonyl (C=O) groups is 1. The molecule has 0 aliphatic heterocycles. The van der Waals surface area contributed by atoms with Crippen molar-refractivity contribution in [2.45, 2.75) is 19.8 Å². The highest BCUT2D eigenvalue weighted by Gasteiger charge is 2.01. The predicted molar refractivity (Wildman–Crippen MR) is 74.5 cm³/mol. The second kappa shape index (κ2) is 6.00. The number of benzene rings is 1. The molecule has 2 rings (SSSR count). The van der Waals surface area contributed by atoms with E-state index in [4.69, 9.17) is 4.74 Å². The molecule has 0 radical (unpaired) electrons. The zero-order valence-corrected chi connectivity index (χ0v) is 11.0. The highest BCUT2D eigenvalue weighted by atomic mass is 16.5. The van der Waals surface area contributed by atoms with E-state index in [0.717, 1.165) is 5.75 Å². The van der Waals surface area contributed by atoms with Gasteiger partial charge in [-0.15, -0.1) is 0 Å². The minimum absolute atomic E-state index is 0.494. The fraction of sp³-hybridized carbons (Fsp3) is 0.200. The summed E-state index contributed by atoms with van der Waals surface area (Å²) in [5.74, 6) is 1.74. The molecule has 1 aromatic carbocycles. The monoisotopic (exact) mass is 256 g/mol. The van der Waals surface area contributed by atoms with Crippen LogP contribution in [0.5, 0.6) is 11.6 Å². The van der Waals surface area contributed by atoms with E-state index >= 15 is 0 Å². The van der Waals surface area contributed by atoms with Crippen molar-refractivity contribution in [3.63, 3.8) is 0 Å². The van der Waals surface area contributed by atoms with Gasteiger partial charge in [-0.3, -0.25) is 4.79 Å². The van der Waals surface area contributed by atoms with Crippen molar-refractivity contribution in [2.75, 3.05) is 5.32 Å². The van der Waals surface area contributed by atoms with Crippen LogP contribution >= 0.6 is 0 Å². The van der Waals surface area contributed by atoms with E-state index in [2.05, 4.69) is 24.1 Å². The van der Waals surface area contributed by atoms with Gasteiger partial charge in [0, 0.05) is 6.07 Å². The number of rotatable bonds is 5. The molecule has 1 aromatic heterocycles. The summed E-state index contributed by atoms with van der Waals surface area (Å²) >= 11 is 0. The maximum Gasteiger partial charge on any atom is 0.219 e. The fourth-order valence-electron chi connectivity index (χ4n) is 1.64. The number of anilines is 1. The van der Waals surface area contributed by atoms with Crippen LogP contribution in [-0.2, 0) is 4.79 Å². The number of aromatic nitrogens is 1. The largest absolute Gasteiger partial charge is 0.439 e. The number of ether oxygens (including phenoxy) is 1. The van der Waals surface area contributed by atoms with Gasteiger partial charge in [-0.25, -0.2) is 4.98 Å². The minimum Gasteiger partial charge on any atom is -0.439 e. The van der Waals surface area contributed by atoms with Crippen molar-refractivity contribution in [2.24, 2.45) is 0 Å². The SMILES string of the molecule is CC(C)c1ccc(Oc2ccc(NC=O)cn2)cc1. The van der Waals surface area contributed by atoms with Crippen LogP contribution < -0.4 is 10.1 Å². The van der Waals surface area contributed by atoms with Gasteiger partial charge in [0.1, 0.15) is 5.75 Å². The Balaban J connectivity index is 2.05. The van der Waals surface area contributed by atoms with Crippen LogP contribution in [0.1, 0.15) is 25.3 Å². The van der Waals surface area contributed by atoms with Gasteiger partial charge in [0.25, 0.3) is 0 Å². The molecule has 4 heteroatoms. The highest BCUT2D eigenvalue weighted by molar-refractivity contribution is 5.70. The third kappa shape index (κ3) is 3.55. The first-order chi connectivity index (χ1) is 9.19. The Morgan fingerprint density at radius 2 is 1.89 bits per heavy atom. The van der Waals surface area contributed by atoms with Crippen LogP contribution in [0.2, 0.25) is 0 Å². The molecule has 0 atom stereocenters. The van der Waals surface area contributed by atoms with Gasteiger partial charge in [-0.05, 0) is 29.7 Å². The van der Waals surface area contributed by atoms with Gasteiger partial charge >= 0.3 is 0 Å². The average Bonchev–Trinajstić information content (AvgIpc) is 2.42. The van der Waals surface area contributed by atoms with Crippen molar-refractivity contribution in [3.05, 3.63) is 48.2 Å². The summed E-state index contributed by atoms with van der Waals surface area (Å²) in [5, 5.41) is 2.52. The molecule has 2 aromatic rings. The van der Waals surface area contributed by atoms with Crippen molar-refractivity contribution in [1.29, 1.82) is 0 Å². The van der Waals surface area contributed by atoms with Gasteiger partial charge in [0.15, 0.2) is 0 Å². The molecule has 0 aliphatic rings. The Morgan fingerprint density at radius 3 is 2.42 bits per heavy atom. The first-order valence-corrected chi connectivity index (χ1v) is 6.13. The number of hydrogen-bond donors (Lipinski definition) is 1. The second-order valence-corrected chi connectivity index (χ2v) is 4.47. The van der Waals surface area contributed by atoms with E-state index in [1.54, 1.807) is 18.3 Å². The number of nitrogens with zero attached hydrogens (tertiary/aromatic N) is 1. The summed E-state index contributed by atoms with van der Waals surface area (Å²) < 4.78 is 5.62. The molecule has 0 bridgehead atoms. The van der Waals surface area contributed by atoms with Crippen LogP contribution in [0.15, 0.2) is 42.6 Å². The molecule has 1 amide bonds. The maximum absolute atomic E-state index is 10.3. The van der Waals surface area contributed by atoms with Crippen molar-refractivity contribution < 1.29 is 9.53 Å². The Hall–Kier alpha value is -2.36. The lowest BCUT2D eigenvalue weighted by molar-refractivity contribution is -0.105. The third-order valence-electron chi connectivity index (χ3n) is 2.73. The maximum atomic E-state index is 10.3. The molecule has 0 saturated heterocycles. The molecular weight excluding hydrogens is 240 g/mol. The van der Waals surface area contributed by atoms with Gasteiger partial charge < -0.3 is 10.1 Å². The molecule has 1 N–H and O–H groups in total. The van der Waals surface area contributed by atoms with E-state index < -0.39 is 0 Å². The molecule has 1 heterocycles. The summed E-state index contributed by atoms with van der Waals surface area (Å²) in [6.07, 6.45) is 2.16. The number of pyridine rings is 1. The number of hydrogen-bond acceptors (Lipinski definition) is 3. The molecule has 0 aliphatic carbocycles. The second-order valence-electron chi connectivity index (χ2n) is 4.47. The zero-order chi connectivity index (χ0) is 13.7. The summed E-state index contributed by atoms with van der Waals surface area (Å²) in [6.45, 7) is 4.30. The quantitative estimate of drug-likeness (QED) is 0.832. The molecule has 98 valence electrons. The van der Waals surface area contributed by atoms with Crippen molar-refractivity contribution >= 4 is 12.1 Å². The Bertz CT molecular complexity index is 533. The van der Waals surface area contributed by atoms with Crippen LogP contribution in [0, 0.1) is 0 Å². The standard InChI is InChI=1S/C15H16N2O2/c1-11(2)12-3-6-14(7-4-12)19-15-8-5-13(9-16-15)17-10-18/h3-11H,1-2H3,(H,17,18). The zero-order valence-electron chi connectivity index (χ0n) is 11.0. The van der Waals surface area contributed by atoms with Crippen LogP contribution in [0.3, 0.4) is 0 Å². The molecule has 0 fully saturated rings. The minimum atomic E-state index is 0.494. The average molecular weight is 256 g/mol. The Kier molecular flexibility index (Phi) is 4.13. The van der Waals surface area contributed by atoms with E-state index in [-0.39, 0.29) is 0 Å². The molecular formula is C15H16N2O2. The molecule has 19 heavy (non-hydrogen) atoms. The van der Waals surface area contributed by atoms with Gasteiger partial charge in [-0.1, -0.05) is 26.0 Å². The summed E-state index contributed by atoms with van der Waals surface area (Å²) in [4.78, 5) is 14.4. The Morgan fingerprint density at radius 1 is 1.16 bits per heavy atom. The fourth-order valence-corrected chi connectivity index (χ4v) is 1.64. The Labute approximate surface area is 112 Å². The van der Waals surface area contributed by atoms with E-state index in [1.165, 1.54) is 5.56 Å². The van der Waals surface area contributed by atoms with Crippen LogP contribution in [0.4, 0.5) is 5.69 Å². The number of nitrogens with one attached hydrogen (secondary N) is 1. The van der Waals surface area contributed by atoms with Gasteiger partial charge in [0.2, 0.25) is 12.3 Å². The number of carbonyl (C=O) groups excluding carboxylic acids is 1. The smallest absolute Gasteiger partial charge is 0.219 e. The third-order valence-corrected chi connectivity index (χ3v) is 2.73. The molecule has 0 spiro atoms. The topological polar surface area (TPSA) is 51.2 Å². The molecule has 0 unspecified atom stereocenters. The summed E-state index contributed by atoms with van der Waals surface area (Å²) in [6, 6.07) is 11.4. The van der Waals surface area contributed by atoms with Crippen LogP contribution in [0.25, 0.3) is 0 Å². The highest BCUT2D eigenvalue weighted by Crippen LogP contribution is 2.23. The van der Waals surface area contributed by atoms with Crippen LogP contribution in [-0.4, -0.2) is 11.4 Å². The lowest BCUT2D eigenvalue weighted by atomic mass is 10.0. The van der Waals surface area contributed by atoms with Crippen molar-refractivity contribution in [3.8, 4) is 11.6 Å². The van der Waals surface area contributed by atoms with E-state index in [1.807, 2.05) is 24.3 Å². The van der Waals surface area contributed by atoms with Crippen molar-refractivity contribution in [1.82, 2.24) is 4.98 Å². The molecule has 0 saturated carbocycles. The first kappa shape index (κ1) is 13.1. The normalized spacial score (nSPS) is 10.3. The number of amides is 1. The summed E-state index contributed by atoms with van der Waals surface area (Å²) in [5.41, 5.74) is 1.91. The molecule has 4 nitrogen and oxygen atoms in total. The van der Waals surface area contributed by atoms with Gasteiger partial charge in [0.05, 0.1) is 11.9 Å². The lowest BCUT2D eigenvalue weighted by Gasteiger charge is -2.08. The van der Waals surface area contributed by atoms with E-state index in [0.29, 0.717) is 23.9 Å². The van der Waals surface area contributed by atoms with Gasteiger partial charge in [-0.2, -0.15) is 0 Å². The first-order valence-electron chi connectivity index (χ1n) is 6.13. The summed E-state index contributed by atoms with van der Waals surface area (Å²) in [7, 11) is 0. The predicted octanol–water partition coefficient (Wildman–Crippen LogP) is 3.57. The van der Waals surface area contributed by atoms with E-state index in [9.17, 15) is 4.79 Å². The lowest BCUT2D eigenvalue weighted by Crippen LogP contribution is -1.95.